The van der Waals surface area contributed by atoms with Crippen molar-refractivity contribution in [2.24, 2.45) is 0 Å². The molecule has 0 saturated heterocycles. The van der Waals surface area contributed by atoms with Crippen LogP contribution >= 0.6 is 11.6 Å². The third-order valence-corrected chi connectivity index (χ3v) is 3.33. The van der Waals surface area contributed by atoms with Gasteiger partial charge in [-0.3, -0.25) is 4.79 Å². The molecular formula is C14H22ClN3O. The van der Waals surface area contributed by atoms with E-state index in [4.69, 9.17) is 11.6 Å². The Morgan fingerprint density at radius 3 is 2.53 bits per heavy atom. The number of benzene rings is 1. The molecule has 0 saturated carbocycles. The van der Waals surface area contributed by atoms with Crippen LogP contribution in [0.25, 0.3) is 0 Å². The predicted molar refractivity (Wildman–Crippen MR) is 80.8 cm³/mol. The minimum absolute atomic E-state index is 0.0808. The van der Waals surface area contributed by atoms with E-state index >= 15 is 0 Å². The number of amides is 1. The van der Waals surface area contributed by atoms with Gasteiger partial charge in [-0.05, 0) is 31.7 Å². The molecule has 1 rings (SSSR count). The fraction of sp³-hybridized carbons (Fsp3) is 0.500. The quantitative estimate of drug-likeness (QED) is 0.867. The summed E-state index contributed by atoms with van der Waals surface area (Å²) in [4.78, 5) is 15.4. The first kappa shape index (κ1) is 15.8. The summed E-state index contributed by atoms with van der Waals surface area (Å²) in [5.74, 6) is 0.0808. The van der Waals surface area contributed by atoms with Crippen LogP contribution in [0.2, 0.25) is 5.02 Å². The molecule has 0 aliphatic rings. The Hall–Kier alpha value is -1.26. The number of halogens is 1. The lowest BCUT2D eigenvalue weighted by Gasteiger charge is -2.24. The Labute approximate surface area is 120 Å². The summed E-state index contributed by atoms with van der Waals surface area (Å²) in [7, 11) is 5.41. The molecule has 4 nitrogen and oxygen atoms in total. The van der Waals surface area contributed by atoms with Crippen molar-refractivity contribution in [1.29, 1.82) is 0 Å². The Morgan fingerprint density at radius 2 is 2.05 bits per heavy atom. The van der Waals surface area contributed by atoms with E-state index in [1.165, 1.54) is 0 Å². The molecular weight excluding hydrogens is 262 g/mol. The molecule has 19 heavy (non-hydrogen) atoms. The lowest BCUT2D eigenvalue weighted by Crippen LogP contribution is -2.36. The molecule has 0 atom stereocenters. The first-order valence-electron chi connectivity index (χ1n) is 6.37. The molecule has 0 fully saturated rings. The predicted octanol–water partition coefficient (Wildman–Crippen LogP) is 1.97. The molecule has 1 N–H and O–H groups in total. The average molecular weight is 284 g/mol. The third kappa shape index (κ3) is 4.40. The monoisotopic (exact) mass is 283 g/mol. The van der Waals surface area contributed by atoms with Crippen molar-refractivity contribution in [3.63, 3.8) is 0 Å². The molecule has 0 aromatic heterocycles. The second-order valence-corrected chi connectivity index (χ2v) is 5.02. The molecule has 0 unspecified atom stereocenters. The number of nitrogens with zero attached hydrogens (tertiary/aromatic N) is 2. The molecule has 106 valence electrons. The van der Waals surface area contributed by atoms with Gasteiger partial charge in [0.15, 0.2) is 0 Å². The van der Waals surface area contributed by atoms with Crippen molar-refractivity contribution in [3.05, 3.63) is 28.8 Å². The zero-order valence-electron chi connectivity index (χ0n) is 12.0. The lowest BCUT2D eigenvalue weighted by molar-refractivity contribution is -0.127. The standard InChI is InChI=1S/C14H22ClN3O/c1-5-18(10-14(19)17(3)4)12-7-6-11(9-16-2)13(15)8-12/h6-8,16H,5,9-10H2,1-4H3. The highest BCUT2D eigenvalue weighted by atomic mass is 35.5. The number of hydrogen-bond acceptors (Lipinski definition) is 3. The first-order valence-corrected chi connectivity index (χ1v) is 6.75. The summed E-state index contributed by atoms with van der Waals surface area (Å²) >= 11 is 6.25. The second kappa shape index (κ2) is 7.36. The molecule has 0 bridgehead atoms. The molecule has 1 aromatic carbocycles. The highest BCUT2D eigenvalue weighted by molar-refractivity contribution is 6.31. The SMILES string of the molecule is CCN(CC(=O)N(C)C)c1ccc(CNC)c(Cl)c1. The minimum Gasteiger partial charge on any atom is -0.362 e. The summed E-state index contributed by atoms with van der Waals surface area (Å²) in [6.07, 6.45) is 0. The maximum Gasteiger partial charge on any atom is 0.241 e. The zero-order chi connectivity index (χ0) is 14.4. The average Bonchev–Trinajstić information content (AvgIpc) is 2.38. The van der Waals surface area contributed by atoms with Gasteiger partial charge in [0.2, 0.25) is 5.91 Å². The van der Waals surface area contributed by atoms with E-state index in [9.17, 15) is 4.79 Å². The number of carbonyl (C=O) groups is 1. The fourth-order valence-corrected chi connectivity index (χ4v) is 2.00. The van der Waals surface area contributed by atoms with Crippen molar-refractivity contribution in [3.8, 4) is 0 Å². The van der Waals surface area contributed by atoms with Crippen LogP contribution in [0.1, 0.15) is 12.5 Å². The van der Waals surface area contributed by atoms with Crippen LogP contribution < -0.4 is 10.2 Å². The summed E-state index contributed by atoms with van der Waals surface area (Å²) < 4.78 is 0. The van der Waals surface area contributed by atoms with E-state index < -0.39 is 0 Å². The van der Waals surface area contributed by atoms with Crippen molar-refractivity contribution in [2.75, 3.05) is 39.1 Å². The van der Waals surface area contributed by atoms with Crippen molar-refractivity contribution >= 4 is 23.2 Å². The molecule has 0 heterocycles. The van der Waals surface area contributed by atoms with Gasteiger partial charge < -0.3 is 15.1 Å². The van der Waals surface area contributed by atoms with Gasteiger partial charge in [0.05, 0.1) is 6.54 Å². The normalized spacial score (nSPS) is 10.4. The Bertz CT molecular complexity index is 435. The van der Waals surface area contributed by atoms with Crippen LogP contribution in [0.15, 0.2) is 18.2 Å². The largest absolute Gasteiger partial charge is 0.362 e. The molecule has 0 aliphatic heterocycles. The van der Waals surface area contributed by atoms with Crippen molar-refractivity contribution in [1.82, 2.24) is 10.2 Å². The number of likely N-dealkylation sites (N-methyl/N-ethyl adjacent to an activating group) is 2. The van der Waals surface area contributed by atoms with Crippen LogP contribution in [0.5, 0.6) is 0 Å². The highest BCUT2D eigenvalue weighted by Gasteiger charge is 2.12. The van der Waals surface area contributed by atoms with Gasteiger partial charge in [-0.2, -0.15) is 0 Å². The number of anilines is 1. The lowest BCUT2D eigenvalue weighted by atomic mass is 10.2. The number of rotatable bonds is 6. The number of nitrogens with one attached hydrogen (secondary N) is 1. The maximum absolute atomic E-state index is 11.8. The van der Waals surface area contributed by atoms with E-state index in [1.54, 1.807) is 19.0 Å². The van der Waals surface area contributed by atoms with Gasteiger partial charge in [-0.25, -0.2) is 0 Å². The van der Waals surface area contributed by atoms with E-state index in [1.807, 2.05) is 37.1 Å². The van der Waals surface area contributed by atoms with Crippen LogP contribution in [-0.2, 0) is 11.3 Å². The topological polar surface area (TPSA) is 35.6 Å². The fourth-order valence-electron chi connectivity index (χ4n) is 1.76. The summed E-state index contributed by atoms with van der Waals surface area (Å²) in [6.45, 7) is 3.90. The molecule has 1 aromatic rings. The van der Waals surface area contributed by atoms with Crippen LogP contribution in [0.3, 0.4) is 0 Å². The van der Waals surface area contributed by atoms with E-state index in [-0.39, 0.29) is 5.91 Å². The van der Waals surface area contributed by atoms with Crippen LogP contribution in [-0.4, -0.2) is 45.0 Å². The molecule has 1 amide bonds. The van der Waals surface area contributed by atoms with Crippen LogP contribution in [0.4, 0.5) is 5.69 Å². The second-order valence-electron chi connectivity index (χ2n) is 4.61. The van der Waals surface area contributed by atoms with Gasteiger partial charge >= 0.3 is 0 Å². The van der Waals surface area contributed by atoms with Gasteiger partial charge in [-0.15, -0.1) is 0 Å². The molecule has 0 spiro atoms. The van der Waals surface area contributed by atoms with E-state index in [0.717, 1.165) is 29.4 Å². The zero-order valence-corrected chi connectivity index (χ0v) is 12.8. The Kier molecular flexibility index (Phi) is 6.12. The van der Waals surface area contributed by atoms with Gasteiger partial charge in [0.25, 0.3) is 0 Å². The van der Waals surface area contributed by atoms with Gasteiger partial charge in [-0.1, -0.05) is 17.7 Å². The maximum atomic E-state index is 11.8. The van der Waals surface area contributed by atoms with E-state index in [0.29, 0.717) is 6.54 Å². The molecule has 5 heteroatoms. The number of hydrogen-bond donors (Lipinski definition) is 1. The molecule has 0 aliphatic carbocycles. The first-order chi connectivity index (χ1) is 8.99. The Morgan fingerprint density at radius 1 is 1.37 bits per heavy atom. The third-order valence-electron chi connectivity index (χ3n) is 2.98. The summed E-state index contributed by atoms with van der Waals surface area (Å²) in [5, 5.41) is 3.80. The van der Waals surface area contributed by atoms with Crippen molar-refractivity contribution in [2.45, 2.75) is 13.5 Å². The van der Waals surface area contributed by atoms with Crippen molar-refractivity contribution < 1.29 is 4.79 Å². The van der Waals surface area contributed by atoms with Gasteiger partial charge in [0, 0.05) is 37.9 Å². The van der Waals surface area contributed by atoms with Crippen LogP contribution in [0, 0.1) is 0 Å². The minimum atomic E-state index is 0.0808. The van der Waals surface area contributed by atoms with E-state index in [2.05, 4.69) is 5.32 Å². The number of carbonyl (C=O) groups excluding carboxylic acids is 1. The summed E-state index contributed by atoms with van der Waals surface area (Å²) in [6, 6.07) is 5.92. The smallest absolute Gasteiger partial charge is 0.241 e. The summed E-state index contributed by atoms with van der Waals surface area (Å²) in [5.41, 5.74) is 2.03. The molecule has 0 radical (unpaired) electrons. The van der Waals surface area contributed by atoms with Gasteiger partial charge in [0.1, 0.15) is 0 Å². The highest BCUT2D eigenvalue weighted by Crippen LogP contribution is 2.23. The Balaban J connectivity index is 2.87.